The van der Waals surface area contributed by atoms with Crippen molar-refractivity contribution in [2.75, 3.05) is 12.8 Å². The van der Waals surface area contributed by atoms with E-state index in [9.17, 15) is 13.2 Å². The number of hydrogen-bond acceptors (Lipinski definition) is 2. The third kappa shape index (κ3) is 4.92. The summed E-state index contributed by atoms with van der Waals surface area (Å²) in [5.41, 5.74) is 0.342. The molecule has 1 aliphatic carbocycles. The lowest BCUT2D eigenvalue weighted by Gasteiger charge is -2.24. The standard InChI is InChI=1S/C16H22F3NS/c1-20-15(11-21-14-5-3-2-4-6-14)12-7-9-13(10-8-12)16(17,18)19/h7-10,14-15,20H,2-6,11H2,1H3. The third-order valence-electron chi connectivity index (χ3n) is 4.04. The highest BCUT2D eigenvalue weighted by atomic mass is 32.2. The van der Waals surface area contributed by atoms with E-state index in [1.807, 2.05) is 18.8 Å². The van der Waals surface area contributed by atoms with Gasteiger partial charge < -0.3 is 5.32 Å². The fraction of sp³-hybridized carbons (Fsp3) is 0.625. The highest BCUT2D eigenvalue weighted by Gasteiger charge is 2.30. The monoisotopic (exact) mass is 317 g/mol. The molecule has 21 heavy (non-hydrogen) atoms. The Labute approximate surface area is 128 Å². The molecule has 0 bridgehead atoms. The van der Waals surface area contributed by atoms with Gasteiger partial charge in [0.25, 0.3) is 0 Å². The maximum absolute atomic E-state index is 12.6. The van der Waals surface area contributed by atoms with E-state index in [-0.39, 0.29) is 6.04 Å². The van der Waals surface area contributed by atoms with Crippen molar-refractivity contribution in [1.29, 1.82) is 0 Å². The van der Waals surface area contributed by atoms with Crippen LogP contribution in [0.1, 0.15) is 49.3 Å². The Morgan fingerprint density at radius 3 is 2.29 bits per heavy atom. The zero-order chi connectivity index (χ0) is 15.3. The van der Waals surface area contributed by atoms with Gasteiger partial charge in [0.15, 0.2) is 0 Å². The van der Waals surface area contributed by atoms with Crippen LogP contribution in [0.15, 0.2) is 24.3 Å². The van der Waals surface area contributed by atoms with Crippen LogP contribution in [0.25, 0.3) is 0 Å². The van der Waals surface area contributed by atoms with Crippen molar-refractivity contribution in [3.05, 3.63) is 35.4 Å². The number of benzene rings is 1. The summed E-state index contributed by atoms with van der Waals surface area (Å²) >= 11 is 1.95. The van der Waals surface area contributed by atoms with Gasteiger partial charge in [-0.3, -0.25) is 0 Å². The van der Waals surface area contributed by atoms with Crippen LogP contribution in [0.5, 0.6) is 0 Å². The Kier molecular flexibility index (Phi) is 5.99. The lowest BCUT2D eigenvalue weighted by molar-refractivity contribution is -0.137. The second-order valence-electron chi connectivity index (χ2n) is 5.55. The van der Waals surface area contributed by atoms with Crippen LogP contribution in [0.3, 0.4) is 0 Å². The molecule has 0 saturated heterocycles. The lowest BCUT2D eigenvalue weighted by atomic mass is 10.0. The van der Waals surface area contributed by atoms with Gasteiger partial charge in [-0.25, -0.2) is 0 Å². The Hall–Kier alpha value is -0.680. The van der Waals surface area contributed by atoms with Gasteiger partial charge in [0, 0.05) is 17.0 Å². The van der Waals surface area contributed by atoms with Crippen LogP contribution in [0.2, 0.25) is 0 Å². The van der Waals surface area contributed by atoms with Crippen LogP contribution in [-0.4, -0.2) is 18.1 Å². The molecule has 1 aliphatic rings. The maximum Gasteiger partial charge on any atom is 0.416 e. The minimum absolute atomic E-state index is 0.110. The molecule has 1 N–H and O–H groups in total. The normalized spacial score (nSPS) is 18.7. The van der Waals surface area contributed by atoms with Crippen molar-refractivity contribution >= 4 is 11.8 Å². The maximum atomic E-state index is 12.6. The summed E-state index contributed by atoms with van der Waals surface area (Å²) in [5.74, 6) is 0.909. The number of thioether (sulfide) groups is 1. The Bertz CT molecular complexity index is 424. The summed E-state index contributed by atoms with van der Waals surface area (Å²) in [6.07, 6.45) is 2.24. The summed E-state index contributed by atoms with van der Waals surface area (Å²) in [5, 5.41) is 3.93. The fourth-order valence-corrected chi connectivity index (χ4v) is 4.21. The zero-order valence-electron chi connectivity index (χ0n) is 12.2. The van der Waals surface area contributed by atoms with Gasteiger partial charge in [-0.2, -0.15) is 24.9 Å². The molecule has 0 radical (unpaired) electrons. The summed E-state index contributed by atoms with van der Waals surface area (Å²) in [4.78, 5) is 0. The van der Waals surface area contributed by atoms with Crippen molar-refractivity contribution in [2.45, 2.75) is 49.6 Å². The molecule has 0 aromatic heterocycles. The predicted octanol–water partition coefficient (Wildman–Crippen LogP) is 5.03. The van der Waals surface area contributed by atoms with Gasteiger partial charge in [-0.05, 0) is 37.6 Å². The predicted molar refractivity (Wildman–Crippen MR) is 82.6 cm³/mol. The highest BCUT2D eigenvalue weighted by Crippen LogP contribution is 2.33. The molecule has 1 atom stereocenters. The van der Waals surface area contributed by atoms with E-state index in [1.165, 1.54) is 44.2 Å². The minimum Gasteiger partial charge on any atom is -0.312 e. The topological polar surface area (TPSA) is 12.0 Å². The van der Waals surface area contributed by atoms with Crippen LogP contribution in [0.4, 0.5) is 13.2 Å². The molecule has 0 amide bonds. The van der Waals surface area contributed by atoms with Crippen LogP contribution < -0.4 is 5.32 Å². The smallest absolute Gasteiger partial charge is 0.312 e. The number of rotatable bonds is 5. The largest absolute Gasteiger partial charge is 0.416 e. The first kappa shape index (κ1) is 16.7. The molecule has 1 fully saturated rings. The van der Waals surface area contributed by atoms with Gasteiger partial charge in [-0.15, -0.1) is 0 Å². The lowest BCUT2D eigenvalue weighted by Crippen LogP contribution is -2.21. The number of alkyl halides is 3. The van der Waals surface area contributed by atoms with E-state index in [2.05, 4.69) is 5.32 Å². The van der Waals surface area contributed by atoms with Crippen molar-refractivity contribution in [2.24, 2.45) is 0 Å². The number of halogens is 3. The summed E-state index contributed by atoms with van der Waals surface area (Å²) in [6.45, 7) is 0. The van der Waals surface area contributed by atoms with Crippen molar-refractivity contribution in [3.63, 3.8) is 0 Å². The molecular formula is C16H22F3NS. The van der Waals surface area contributed by atoms with E-state index >= 15 is 0 Å². The molecule has 0 aliphatic heterocycles. The van der Waals surface area contributed by atoms with E-state index in [0.717, 1.165) is 11.3 Å². The average Bonchev–Trinajstić information content (AvgIpc) is 2.48. The molecule has 118 valence electrons. The van der Waals surface area contributed by atoms with Crippen LogP contribution in [-0.2, 0) is 6.18 Å². The molecule has 1 aromatic carbocycles. The van der Waals surface area contributed by atoms with E-state index in [1.54, 1.807) is 12.1 Å². The molecular weight excluding hydrogens is 295 g/mol. The van der Waals surface area contributed by atoms with Gasteiger partial charge >= 0.3 is 6.18 Å². The Balaban J connectivity index is 1.93. The van der Waals surface area contributed by atoms with Gasteiger partial charge in [0.2, 0.25) is 0 Å². The van der Waals surface area contributed by atoms with Gasteiger partial charge in [-0.1, -0.05) is 31.4 Å². The molecule has 5 heteroatoms. The third-order valence-corrected chi connectivity index (χ3v) is 5.51. The molecule has 1 saturated carbocycles. The summed E-state index contributed by atoms with van der Waals surface area (Å²) in [7, 11) is 1.86. The minimum atomic E-state index is -4.26. The highest BCUT2D eigenvalue weighted by molar-refractivity contribution is 7.99. The van der Waals surface area contributed by atoms with Crippen molar-refractivity contribution in [3.8, 4) is 0 Å². The SMILES string of the molecule is CNC(CSC1CCCCC1)c1ccc(C(F)(F)F)cc1. The molecule has 2 rings (SSSR count). The molecule has 0 spiro atoms. The molecule has 1 aromatic rings. The molecule has 1 unspecified atom stereocenters. The second-order valence-corrected chi connectivity index (χ2v) is 6.89. The fourth-order valence-electron chi connectivity index (χ4n) is 2.71. The average molecular weight is 317 g/mol. The Morgan fingerprint density at radius 2 is 1.76 bits per heavy atom. The number of nitrogens with one attached hydrogen (secondary N) is 1. The van der Waals surface area contributed by atoms with Crippen LogP contribution in [0, 0.1) is 0 Å². The first-order valence-corrected chi connectivity index (χ1v) is 8.51. The van der Waals surface area contributed by atoms with Crippen molar-refractivity contribution in [1.82, 2.24) is 5.32 Å². The quantitative estimate of drug-likeness (QED) is 0.817. The van der Waals surface area contributed by atoms with Gasteiger partial charge in [0.1, 0.15) is 0 Å². The summed E-state index contributed by atoms with van der Waals surface area (Å²) < 4.78 is 37.7. The van der Waals surface area contributed by atoms with E-state index < -0.39 is 11.7 Å². The molecule has 0 heterocycles. The van der Waals surface area contributed by atoms with Gasteiger partial charge in [0.05, 0.1) is 5.56 Å². The first-order valence-electron chi connectivity index (χ1n) is 7.46. The van der Waals surface area contributed by atoms with E-state index in [4.69, 9.17) is 0 Å². The Morgan fingerprint density at radius 1 is 1.14 bits per heavy atom. The van der Waals surface area contributed by atoms with E-state index in [0.29, 0.717) is 5.25 Å². The first-order chi connectivity index (χ1) is 10.0. The zero-order valence-corrected chi connectivity index (χ0v) is 13.1. The second kappa shape index (κ2) is 7.54. The summed E-state index contributed by atoms with van der Waals surface area (Å²) in [6, 6.07) is 5.63. The van der Waals surface area contributed by atoms with Crippen molar-refractivity contribution < 1.29 is 13.2 Å². The van der Waals surface area contributed by atoms with Crippen LogP contribution >= 0.6 is 11.8 Å². The number of hydrogen-bond donors (Lipinski definition) is 1. The molecule has 1 nitrogen and oxygen atoms in total.